The lowest BCUT2D eigenvalue weighted by Crippen LogP contribution is -2.30. The van der Waals surface area contributed by atoms with E-state index in [0.29, 0.717) is 32.0 Å². The zero-order valence-electron chi connectivity index (χ0n) is 11.1. The Kier molecular flexibility index (Phi) is 4.68. The van der Waals surface area contributed by atoms with Crippen molar-refractivity contribution in [3.05, 3.63) is 12.2 Å². The van der Waals surface area contributed by atoms with Crippen LogP contribution in [0.15, 0.2) is 6.33 Å². The summed E-state index contributed by atoms with van der Waals surface area (Å²) >= 11 is 0. The molecule has 1 aliphatic rings. The van der Waals surface area contributed by atoms with E-state index in [0.717, 1.165) is 12.4 Å². The Hall–Kier alpha value is -0.980. The van der Waals surface area contributed by atoms with Gasteiger partial charge in [0.25, 0.3) is 0 Å². The molecule has 0 aliphatic carbocycles. The summed E-state index contributed by atoms with van der Waals surface area (Å²) in [6.45, 7) is 6.53. The third kappa shape index (κ3) is 3.76. The lowest BCUT2D eigenvalue weighted by atomic mass is 10.1. The van der Waals surface area contributed by atoms with Gasteiger partial charge in [0.1, 0.15) is 12.2 Å². The molecule has 0 bridgehead atoms. The highest BCUT2D eigenvalue weighted by atomic mass is 16.7. The predicted molar refractivity (Wildman–Crippen MR) is 66.8 cm³/mol. The van der Waals surface area contributed by atoms with E-state index in [1.54, 1.807) is 6.33 Å². The second kappa shape index (κ2) is 6.26. The van der Waals surface area contributed by atoms with E-state index in [9.17, 15) is 0 Å². The molecule has 2 rings (SSSR count). The van der Waals surface area contributed by atoms with Gasteiger partial charge in [-0.2, -0.15) is 5.10 Å². The lowest BCUT2D eigenvalue weighted by molar-refractivity contribution is -0.0505. The largest absolute Gasteiger partial charge is 0.350 e. The van der Waals surface area contributed by atoms with Gasteiger partial charge in [-0.3, -0.25) is 0 Å². The Bertz CT molecular complexity index is 361. The normalized spacial score (nSPS) is 18.7. The van der Waals surface area contributed by atoms with Crippen LogP contribution >= 0.6 is 0 Å². The highest BCUT2D eigenvalue weighted by Crippen LogP contribution is 2.12. The van der Waals surface area contributed by atoms with E-state index in [1.165, 1.54) is 0 Å². The minimum absolute atomic E-state index is 0.0109. The van der Waals surface area contributed by atoms with Gasteiger partial charge in [0.05, 0.1) is 13.2 Å². The molecule has 0 aromatic carbocycles. The summed E-state index contributed by atoms with van der Waals surface area (Å²) in [4.78, 5) is 4.27. The molecule has 6 nitrogen and oxygen atoms in total. The van der Waals surface area contributed by atoms with Crippen molar-refractivity contribution in [3.8, 4) is 0 Å². The topological polar surface area (TPSA) is 75.2 Å². The minimum atomic E-state index is -0.151. The van der Waals surface area contributed by atoms with E-state index in [-0.39, 0.29) is 12.3 Å². The zero-order valence-corrected chi connectivity index (χ0v) is 11.1. The van der Waals surface area contributed by atoms with Crippen LogP contribution in [0.1, 0.15) is 26.1 Å². The van der Waals surface area contributed by atoms with Crippen LogP contribution in [0, 0.1) is 5.92 Å². The summed E-state index contributed by atoms with van der Waals surface area (Å²) in [6, 6.07) is -0.0109. The Morgan fingerprint density at radius 3 is 2.83 bits per heavy atom. The molecule has 2 heterocycles. The van der Waals surface area contributed by atoms with Crippen molar-refractivity contribution in [2.24, 2.45) is 11.7 Å². The van der Waals surface area contributed by atoms with Crippen molar-refractivity contribution in [3.63, 3.8) is 0 Å². The molecule has 0 spiro atoms. The number of nitrogens with zero attached hydrogens (tertiary/aromatic N) is 3. The third-order valence-electron chi connectivity index (χ3n) is 2.86. The average molecular weight is 254 g/mol. The summed E-state index contributed by atoms with van der Waals surface area (Å²) in [7, 11) is 0. The number of hydrogen-bond acceptors (Lipinski definition) is 5. The van der Waals surface area contributed by atoms with Crippen molar-refractivity contribution in [1.29, 1.82) is 0 Å². The standard InChI is InChI=1S/C12H22N4O2/c1-9(2)7-16-11(14-8-15-16)5-10(13)6-12-17-3-4-18-12/h8-10,12H,3-7,13H2,1-2H3. The molecule has 18 heavy (non-hydrogen) atoms. The van der Waals surface area contributed by atoms with Gasteiger partial charge in [0.2, 0.25) is 0 Å². The van der Waals surface area contributed by atoms with Crippen molar-refractivity contribution in [1.82, 2.24) is 14.8 Å². The molecule has 0 amide bonds. The molecular formula is C12H22N4O2. The molecule has 0 saturated carbocycles. The van der Waals surface area contributed by atoms with E-state index >= 15 is 0 Å². The van der Waals surface area contributed by atoms with Crippen molar-refractivity contribution in [2.75, 3.05) is 13.2 Å². The molecule has 102 valence electrons. The molecule has 1 unspecified atom stereocenters. The van der Waals surface area contributed by atoms with Crippen LogP contribution in [0.25, 0.3) is 0 Å². The number of nitrogens with two attached hydrogens (primary N) is 1. The quantitative estimate of drug-likeness (QED) is 0.803. The first kappa shape index (κ1) is 13.5. The van der Waals surface area contributed by atoms with Crippen LogP contribution in [0.2, 0.25) is 0 Å². The summed E-state index contributed by atoms with van der Waals surface area (Å²) in [5.74, 6) is 1.48. The van der Waals surface area contributed by atoms with Crippen molar-refractivity contribution < 1.29 is 9.47 Å². The summed E-state index contributed by atoms with van der Waals surface area (Å²) < 4.78 is 12.7. The van der Waals surface area contributed by atoms with Crippen molar-refractivity contribution >= 4 is 0 Å². The van der Waals surface area contributed by atoms with Gasteiger partial charge in [-0.15, -0.1) is 0 Å². The minimum Gasteiger partial charge on any atom is -0.350 e. The van der Waals surface area contributed by atoms with Crippen LogP contribution in [0.4, 0.5) is 0 Å². The second-order valence-electron chi connectivity index (χ2n) is 5.12. The first-order valence-corrected chi connectivity index (χ1v) is 6.50. The molecule has 0 radical (unpaired) electrons. The molecule has 1 fully saturated rings. The van der Waals surface area contributed by atoms with E-state index in [2.05, 4.69) is 23.9 Å². The van der Waals surface area contributed by atoms with Gasteiger partial charge in [-0.1, -0.05) is 13.8 Å². The van der Waals surface area contributed by atoms with Gasteiger partial charge in [0, 0.05) is 25.4 Å². The fourth-order valence-electron chi connectivity index (χ4n) is 2.05. The highest BCUT2D eigenvalue weighted by molar-refractivity contribution is 4.89. The fraction of sp³-hybridized carbons (Fsp3) is 0.833. The van der Waals surface area contributed by atoms with Gasteiger partial charge in [-0.25, -0.2) is 9.67 Å². The number of rotatable bonds is 6. The van der Waals surface area contributed by atoms with Crippen molar-refractivity contribution in [2.45, 2.75) is 45.6 Å². The lowest BCUT2D eigenvalue weighted by Gasteiger charge is -2.16. The maximum Gasteiger partial charge on any atom is 0.159 e. The molecule has 6 heteroatoms. The maximum absolute atomic E-state index is 6.10. The summed E-state index contributed by atoms with van der Waals surface area (Å²) in [5, 5.41) is 4.23. The fourth-order valence-corrected chi connectivity index (χ4v) is 2.05. The monoisotopic (exact) mass is 254 g/mol. The van der Waals surface area contributed by atoms with Gasteiger partial charge in [0.15, 0.2) is 6.29 Å². The number of aromatic nitrogens is 3. The van der Waals surface area contributed by atoms with Crippen LogP contribution < -0.4 is 5.73 Å². The van der Waals surface area contributed by atoms with Crippen LogP contribution in [0.3, 0.4) is 0 Å². The highest BCUT2D eigenvalue weighted by Gasteiger charge is 2.20. The summed E-state index contributed by atoms with van der Waals surface area (Å²) in [5.41, 5.74) is 6.10. The van der Waals surface area contributed by atoms with Crippen LogP contribution in [-0.2, 0) is 22.4 Å². The van der Waals surface area contributed by atoms with E-state index in [4.69, 9.17) is 15.2 Å². The number of ether oxygens (including phenoxy) is 2. The first-order valence-electron chi connectivity index (χ1n) is 6.50. The SMILES string of the molecule is CC(C)Cn1ncnc1CC(N)CC1OCCO1. The molecule has 1 atom stereocenters. The third-order valence-corrected chi connectivity index (χ3v) is 2.86. The Balaban J connectivity index is 1.85. The molecule has 1 aromatic rings. The molecule has 2 N–H and O–H groups in total. The Morgan fingerprint density at radius 2 is 2.17 bits per heavy atom. The number of hydrogen-bond donors (Lipinski definition) is 1. The van der Waals surface area contributed by atoms with Crippen LogP contribution in [-0.4, -0.2) is 40.3 Å². The molecule has 1 saturated heterocycles. The molecule has 1 aliphatic heterocycles. The second-order valence-corrected chi connectivity index (χ2v) is 5.12. The smallest absolute Gasteiger partial charge is 0.159 e. The Morgan fingerprint density at radius 1 is 1.44 bits per heavy atom. The Labute approximate surface area is 107 Å². The maximum atomic E-state index is 6.10. The van der Waals surface area contributed by atoms with E-state index in [1.807, 2.05) is 4.68 Å². The first-order chi connectivity index (χ1) is 8.65. The molecule has 1 aromatic heterocycles. The van der Waals surface area contributed by atoms with Crippen LogP contribution in [0.5, 0.6) is 0 Å². The zero-order chi connectivity index (χ0) is 13.0. The molecular weight excluding hydrogens is 232 g/mol. The average Bonchev–Trinajstić information content (AvgIpc) is 2.91. The van der Waals surface area contributed by atoms with Gasteiger partial charge < -0.3 is 15.2 Å². The summed E-state index contributed by atoms with van der Waals surface area (Å²) in [6.07, 6.45) is 2.85. The van der Waals surface area contributed by atoms with Gasteiger partial charge >= 0.3 is 0 Å². The predicted octanol–water partition coefficient (Wildman–Crippen LogP) is 0.567. The van der Waals surface area contributed by atoms with Gasteiger partial charge in [-0.05, 0) is 5.92 Å². The van der Waals surface area contributed by atoms with E-state index < -0.39 is 0 Å².